The molecule has 2 heterocycles. The van der Waals surface area contributed by atoms with Crippen LogP contribution in [0.1, 0.15) is 51.7 Å². The van der Waals surface area contributed by atoms with Gasteiger partial charge in [-0.25, -0.2) is 16.8 Å². The third-order valence-corrected chi connectivity index (χ3v) is 8.54. The van der Waals surface area contributed by atoms with Crippen LogP contribution in [0.2, 0.25) is 0 Å². The molecular weight excluding hydrogens is 420 g/mol. The molecule has 0 aliphatic carbocycles. The maximum Gasteiger partial charge on any atom is 0.231 e. The molecule has 0 radical (unpaired) electrons. The van der Waals surface area contributed by atoms with Gasteiger partial charge < -0.3 is 0 Å². The standard InChI is InChI=1S/C22H32N2O4S2/c1-21(2)10-12-23(29(5,25)26)15-19(21)17-8-7-9-18(14-17)20-16-24(30(6,27)28)13-11-22(20,3)4/h7-9,14-16H,10-13H2,1-6H3. The highest BCUT2D eigenvalue weighted by Gasteiger charge is 2.34. The molecule has 0 spiro atoms. The van der Waals surface area contributed by atoms with Gasteiger partial charge in [-0.3, -0.25) is 8.61 Å². The summed E-state index contributed by atoms with van der Waals surface area (Å²) >= 11 is 0. The van der Waals surface area contributed by atoms with Crippen molar-refractivity contribution < 1.29 is 16.8 Å². The van der Waals surface area contributed by atoms with E-state index in [4.69, 9.17) is 0 Å². The first kappa shape index (κ1) is 22.9. The lowest BCUT2D eigenvalue weighted by molar-refractivity contribution is 0.367. The third kappa shape index (κ3) is 4.59. The van der Waals surface area contributed by atoms with Crippen LogP contribution in [0.5, 0.6) is 0 Å². The molecule has 0 aromatic heterocycles. The second-order valence-corrected chi connectivity index (χ2v) is 13.6. The average molecular weight is 453 g/mol. The molecule has 8 heteroatoms. The van der Waals surface area contributed by atoms with Crippen LogP contribution >= 0.6 is 0 Å². The molecule has 166 valence electrons. The lowest BCUT2D eigenvalue weighted by atomic mass is 9.74. The fraction of sp³-hybridized carbons (Fsp3) is 0.545. The fourth-order valence-corrected chi connectivity index (χ4v) is 5.56. The summed E-state index contributed by atoms with van der Waals surface area (Å²) in [6.07, 6.45) is 7.41. The Labute approximate surface area is 181 Å². The summed E-state index contributed by atoms with van der Waals surface area (Å²) in [5.41, 5.74) is 3.51. The molecule has 0 N–H and O–H groups in total. The van der Waals surface area contributed by atoms with Gasteiger partial charge in [-0.1, -0.05) is 45.9 Å². The molecular formula is C22H32N2O4S2. The minimum absolute atomic E-state index is 0.172. The van der Waals surface area contributed by atoms with Crippen LogP contribution in [0.4, 0.5) is 0 Å². The summed E-state index contributed by atoms with van der Waals surface area (Å²) in [6.45, 7) is 9.44. The van der Waals surface area contributed by atoms with Crippen LogP contribution < -0.4 is 0 Å². The zero-order valence-corrected chi connectivity index (χ0v) is 20.3. The van der Waals surface area contributed by atoms with Crippen molar-refractivity contribution in [1.29, 1.82) is 0 Å². The quantitative estimate of drug-likeness (QED) is 0.697. The van der Waals surface area contributed by atoms with E-state index >= 15 is 0 Å². The van der Waals surface area contributed by atoms with Crippen LogP contribution in [0.3, 0.4) is 0 Å². The molecule has 30 heavy (non-hydrogen) atoms. The molecule has 0 saturated heterocycles. The highest BCUT2D eigenvalue weighted by molar-refractivity contribution is 7.88. The molecule has 1 aromatic carbocycles. The molecule has 0 atom stereocenters. The van der Waals surface area contributed by atoms with Crippen molar-refractivity contribution in [2.45, 2.75) is 40.5 Å². The summed E-state index contributed by atoms with van der Waals surface area (Å²) in [5.74, 6) is 0. The first-order chi connectivity index (χ1) is 13.6. The van der Waals surface area contributed by atoms with E-state index in [0.717, 1.165) is 35.1 Å². The molecule has 3 rings (SSSR count). The molecule has 2 aliphatic heterocycles. The topological polar surface area (TPSA) is 74.8 Å². The highest BCUT2D eigenvalue weighted by Crippen LogP contribution is 2.45. The van der Waals surface area contributed by atoms with Crippen LogP contribution in [0.15, 0.2) is 36.7 Å². The van der Waals surface area contributed by atoms with Crippen LogP contribution in [-0.2, 0) is 20.0 Å². The van der Waals surface area contributed by atoms with Crippen molar-refractivity contribution in [3.8, 4) is 0 Å². The Bertz CT molecular complexity index is 1030. The molecule has 0 amide bonds. The molecule has 6 nitrogen and oxygen atoms in total. The first-order valence-corrected chi connectivity index (χ1v) is 13.8. The lowest BCUT2D eigenvalue weighted by Crippen LogP contribution is -2.35. The van der Waals surface area contributed by atoms with Gasteiger partial charge in [-0.15, -0.1) is 0 Å². The minimum atomic E-state index is -3.32. The summed E-state index contributed by atoms with van der Waals surface area (Å²) in [4.78, 5) is 0. The van der Waals surface area contributed by atoms with Crippen LogP contribution in [0, 0.1) is 10.8 Å². The SMILES string of the molecule is CC1(C)CCN(S(C)(=O)=O)C=C1c1cccc(C2=CN(S(C)(=O)=O)CCC2(C)C)c1. The van der Waals surface area contributed by atoms with Crippen molar-refractivity contribution in [2.75, 3.05) is 25.6 Å². The summed E-state index contributed by atoms with van der Waals surface area (Å²) in [5, 5.41) is 0. The number of hydrogen-bond donors (Lipinski definition) is 0. The second-order valence-electron chi connectivity index (χ2n) is 9.68. The smallest absolute Gasteiger partial charge is 0.231 e. The van der Waals surface area contributed by atoms with Gasteiger partial charge in [0, 0.05) is 25.5 Å². The number of hydrogen-bond acceptors (Lipinski definition) is 4. The highest BCUT2D eigenvalue weighted by atomic mass is 32.2. The predicted molar refractivity (Wildman–Crippen MR) is 122 cm³/mol. The van der Waals surface area contributed by atoms with E-state index < -0.39 is 20.0 Å². The van der Waals surface area contributed by atoms with Gasteiger partial charge in [-0.2, -0.15) is 0 Å². The van der Waals surface area contributed by atoms with E-state index in [-0.39, 0.29) is 10.8 Å². The summed E-state index contributed by atoms with van der Waals surface area (Å²) in [6, 6.07) is 8.00. The van der Waals surface area contributed by atoms with Gasteiger partial charge >= 0.3 is 0 Å². The zero-order valence-electron chi connectivity index (χ0n) is 18.6. The van der Waals surface area contributed by atoms with Crippen molar-refractivity contribution >= 4 is 31.2 Å². The monoisotopic (exact) mass is 452 g/mol. The molecule has 2 aliphatic rings. The zero-order chi connectivity index (χ0) is 22.5. The molecule has 0 saturated carbocycles. The van der Waals surface area contributed by atoms with E-state index in [9.17, 15) is 16.8 Å². The number of benzene rings is 1. The maximum atomic E-state index is 12.1. The Morgan fingerprint density at radius 1 is 0.733 bits per heavy atom. The largest absolute Gasteiger partial charge is 0.277 e. The Kier molecular flexibility index (Phi) is 5.65. The van der Waals surface area contributed by atoms with Gasteiger partial charge in [0.2, 0.25) is 20.0 Å². The van der Waals surface area contributed by atoms with E-state index in [0.29, 0.717) is 13.1 Å². The van der Waals surface area contributed by atoms with Crippen molar-refractivity contribution in [3.05, 3.63) is 47.8 Å². The van der Waals surface area contributed by atoms with Gasteiger partial charge in [0.05, 0.1) is 12.5 Å². The van der Waals surface area contributed by atoms with Crippen molar-refractivity contribution in [3.63, 3.8) is 0 Å². The van der Waals surface area contributed by atoms with Crippen LogP contribution in [-0.4, -0.2) is 51.0 Å². The lowest BCUT2D eigenvalue weighted by Gasteiger charge is -2.38. The summed E-state index contributed by atoms with van der Waals surface area (Å²) in [7, 11) is -6.64. The average Bonchev–Trinajstić information content (AvgIpc) is 2.59. The number of sulfonamides is 2. The van der Waals surface area contributed by atoms with Gasteiger partial charge in [0.15, 0.2) is 0 Å². The van der Waals surface area contributed by atoms with Gasteiger partial charge in [0.1, 0.15) is 0 Å². The Balaban J connectivity index is 2.11. The van der Waals surface area contributed by atoms with E-state index in [1.54, 1.807) is 12.4 Å². The number of nitrogens with zero attached hydrogens (tertiary/aromatic N) is 2. The van der Waals surface area contributed by atoms with Crippen LogP contribution in [0.25, 0.3) is 11.1 Å². The minimum Gasteiger partial charge on any atom is -0.277 e. The van der Waals surface area contributed by atoms with Crippen molar-refractivity contribution in [1.82, 2.24) is 8.61 Å². The second kappa shape index (κ2) is 7.41. The summed E-state index contributed by atoms with van der Waals surface area (Å²) < 4.78 is 51.3. The Morgan fingerprint density at radius 2 is 1.10 bits per heavy atom. The van der Waals surface area contributed by atoms with Gasteiger partial charge in [0.25, 0.3) is 0 Å². The fourth-order valence-electron chi connectivity index (χ4n) is 4.12. The maximum absolute atomic E-state index is 12.1. The Morgan fingerprint density at radius 3 is 1.43 bits per heavy atom. The Hall–Kier alpha value is -1.80. The number of rotatable bonds is 4. The number of allylic oxidation sites excluding steroid dienone is 2. The van der Waals surface area contributed by atoms with E-state index in [1.807, 2.05) is 18.2 Å². The molecule has 0 unspecified atom stereocenters. The predicted octanol–water partition coefficient (Wildman–Crippen LogP) is 3.75. The normalized spacial score (nSPS) is 21.8. The first-order valence-electron chi connectivity index (χ1n) is 10.1. The third-order valence-electron chi connectivity index (χ3n) is 6.26. The van der Waals surface area contributed by atoms with E-state index in [2.05, 4.69) is 33.8 Å². The molecule has 0 fully saturated rings. The van der Waals surface area contributed by atoms with Gasteiger partial charge in [-0.05, 0) is 52.0 Å². The molecule has 1 aromatic rings. The van der Waals surface area contributed by atoms with Crippen molar-refractivity contribution in [2.24, 2.45) is 10.8 Å². The molecule has 0 bridgehead atoms. The van der Waals surface area contributed by atoms with E-state index in [1.165, 1.54) is 21.1 Å².